The molecule has 1 aromatic rings. The summed E-state index contributed by atoms with van der Waals surface area (Å²) in [5.41, 5.74) is 1.28. The Bertz CT molecular complexity index is 427. The SMILES string of the molecule is CCCC1CCCN(Cc2csc(CNC3CC3)n2)CC1. The van der Waals surface area contributed by atoms with Crippen LogP contribution in [-0.2, 0) is 13.1 Å². The molecule has 0 bridgehead atoms. The molecule has 1 unspecified atom stereocenters. The molecule has 2 heterocycles. The molecule has 1 N–H and O–H groups in total. The van der Waals surface area contributed by atoms with Gasteiger partial charge in [0.2, 0.25) is 0 Å². The van der Waals surface area contributed by atoms with E-state index in [9.17, 15) is 0 Å². The van der Waals surface area contributed by atoms with Crippen LogP contribution < -0.4 is 5.32 Å². The molecule has 1 aliphatic carbocycles. The van der Waals surface area contributed by atoms with Crippen LogP contribution in [0.25, 0.3) is 0 Å². The van der Waals surface area contributed by atoms with E-state index in [1.54, 1.807) is 0 Å². The zero-order valence-electron chi connectivity index (χ0n) is 13.3. The van der Waals surface area contributed by atoms with Crippen molar-refractivity contribution in [3.8, 4) is 0 Å². The molecule has 2 fully saturated rings. The third-order valence-electron chi connectivity index (χ3n) is 4.74. The van der Waals surface area contributed by atoms with Gasteiger partial charge in [0, 0.05) is 24.5 Å². The van der Waals surface area contributed by atoms with Crippen LogP contribution in [0.2, 0.25) is 0 Å². The maximum atomic E-state index is 4.80. The van der Waals surface area contributed by atoms with Gasteiger partial charge in [-0.2, -0.15) is 0 Å². The van der Waals surface area contributed by atoms with Crippen molar-refractivity contribution < 1.29 is 0 Å². The molecule has 1 aliphatic heterocycles. The lowest BCUT2D eigenvalue weighted by Gasteiger charge is -2.18. The van der Waals surface area contributed by atoms with E-state index >= 15 is 0 Å². The summed E-state index contributed by atoms with van der Waals surface area (Å²) in [5, 5.41) is 7.08. The van der Waals surface area contributed by atoms with Crippen molar-refractivity contribution in [2.24, 2.45) is 5.92 Å². The Hall–Kier alpha value is -0.450. The van der Waals surface area contributed by atoms with Crippen LogP contribution in [0.1, 0.15) is 62.6 Å². The van der Waals surface area contributed by atoms with Crippen LogP contribution in [0, 0.1) is 5.92 Å². The topological polar surface area (TPSA) is 28.2 Å². The molecule has 21 heavy (non-hydrogen) atoms. The van der Waals surface area contributed by atoms with E-state index in [1.165, 1.54) is 68.7 Å². The van der Waals surface area contributed by atoms with Gasteiger partial charge >= 0.3 is 0 Å². The Morgan fingerprint density at radius 3 is 3.00 bits per heavy atom. The molecule has 0 spiro atoms. The molecular weight excluding hydrogens is 278 g/mol. The van der Waals surface area contributed by atoms with E-state index in [2.05, 4.69) is 22.5 Å². The second-order valence-electron chi connectivity index (χ2n) is 6.75. The maximum Gasteiger partial charge on any atom is 0.107 e. The fraction of sp³-hybridized carbons (Fsp3) is 0.824. The summed E-state index contributed by atoms with van der Waals surface area (Å²) >= 11 is 1.82. The van der Waals surface area contributed by atoms with Crippen LogP contribution in [0.15, 0.2) is 5.38 Å². The van der Waals surface area contributed by atoms with Gasteiger partial charge < -0.3 is 5.32 Å². The fourth-order valence-electron chi connectivity index (χ4n) is 3.33. The van der Waals surface area contributed by atoms with Crippen molar-refractivity contribution >= 4 is 11.3 Å². The maximum absolute atomic E-state index is 4.80. The zero-order valence-corrected chi connectivity index (χ0v) is 14.1. The first-order chi connectivity index (χ1) is 10.3. The number of rotatable bonds is 7. The lowest BCUT2D eigenvalue weighted by molar-refractivity contribution is 0.268. The summed E-state index contributed by atoms with van der Waals surface area (Å²) in [5.74, 6) is 0.966. The molecule has 1 saturated heterocycles. The van der Waals surface area contributed by atoms with Crippen LogP contribution in [0.4, 0.5) is 0 Å². The minimum atomic E-state index is 0.776. The summed E-state index contributed by atoms with van der Waals surface area (Å²) in [4.78, 5) is 7.42. The second-order valence-corrected chi connectivity index (χ2v) is 7.69. The normalized spacial score (nSPS) is 24.1. The Balaban J connectivity index is 1.44. The van der Waals surface area contributed by atoms with Gasteiger partial charge in [0.05, 0.1) is 5.69 Å². The van der Waals surface area contributed by atoms with E-state index in [4.69, 9.17) is 4.98 Å². The van der Waals surface area contributed by atoms with E-state index in [0.29, 0.717) is 0 Å². The third kappa shape index (κ3) is 5.04. The highest BCUT2D eigenvalue weighted by molar-refractivity contribution is 7.09. The molecule has 1 atom stereocenters. The minimum absolute atomic E-state index is 0.776. The van der Waals surface area contributed by atoms with E-state index < -0.39 is 0 Å². The number of thiazole rings is 1. The monoisotopic (exact) mass is 307 g/mol. The molecule has 2 aliphatic rings. The number of nitrogens with one attached hydrogen (secondary N) is 1. The van der Waals surface area contributed by atoms with Crippen molar-refractivity contribution in [1.82, 2.24) is 15.2 Å². The van der Waals surface area contributed by atoms with Crippen LogP contribution in [0.3, 0.4) is 0 Å². The summed E-state index contributed by atoms with van der Waals surface area (Å²) in [6, 6.07) is 0.776. The summed E-state index contributed by atoms with van der Waals surface area (Å²) < 4.78 is 0. The van der Waals surface area contributed by atoms with Gasteiger partial charge in [-0.05, 0) is 51.1 Å². The van der Waals surface area contributed by atoms with Crippen molar-refractivity contribution in [1.29, 1.82) is 0 Å². The largest absolute Gasteiger partial charge is 0.308 e. The molecule has 1 aromatic heterocycles. The van der Waals surface area contributed by atoms with Crippen LogP contribution >= 0.6 is 11.3 Å². The molecule has 0 radical (unpaired) electrons. The van der Waals surface area contributed by atoms with Gasteiger partial charge in [-0.3, -0.25) is 4.90 Å². The zero-order chi connectivity index (χ0) is 14.5. The quantitative estimate of drug-likeness (QED) is 0.830. The standard InChI is InChI=1S/C17H29N3S/c1-2-4-14-5-3-9-20(10-8-14)12-16-13-21-17(19-16)11-18-15-6-7-15/h13-15,18H,2-12H2,1H3. The van der Waals surface area contributed by atoms with Gasteiger partial charge in [0.25, 0.3) is 0 Å². The fourth-order valence-corrected chi connectivity index (χ4v) is 4.07. The lowest BCUT2D eigenvalue weighted by atomic mass is 9.96. The highest BCUT2D eigenvalue weighted by Gasteiger charge is 2.21. The molecule has 0 amide bonds. The number of likely N-dealkylation sites (tertiary alicyclic amines) is 1. The van der Waals surface area contributed by atoms with Gasteiger partial charge in [0.1, 0.15) is 5.01 Å². The van der Waals surface area contributed by atoms with Crippen molar-refractivity contribution in [2.75, 3.05) is 13.1 Å². The summed E-state index contributed by atoms with van der Waals surface area (Å²) in [6.07, 6.45) is 9.64. The molecule has 3 nitrogen and oxygen atoms in total. The van der Waals surface area contributed by atoms with Crippen molar-refractivity contribution in [2.45, 2.75) is 71.0 Å². The predicted molar refractivity (Wildman–Crippen MR) is 89.5 cm³/mol. The second kappa shape index (κ2) is 7.70. The van der Waals surface area contributed by atoms with Gasteiger partial charge in [-0.15, -0.1) is 11.3 Å². The summed E-state index contributed by atoms with van der Waals surface area (Å²) in [6.45, 7) is 6.85. The average Bonchev–Trinajstić information content (AvgIpc) is 3.24. The number of hydrogen-bond acceptors (Lipinski definition) is 4. The number of aromatic nitrogens is 1. The Labute approximate surface area is 133 Å². The number of nitrogens with zero attached hydrogens (tertiary/aromatic N) is 2. The van der Waals surface area contributed by atoms with Gasteiger partial charge in [-0.25, -0.2) is 4.98 Å². The molecule has 1 saturated carbocycles. The Morgan fingerprint density at radius 2 is 2.19 bits per heavy atom. The Kier molecular flexibility index (Phi) is 5.67. The average molecular weight is 308 g/mol. The van der Waals surface area contributed by atoms with Gasteiger partial charge in [0.15, 0.2) is 0 Å². The minimum Gasteiger partial charge on any atom is -0.308 e. The molecule has 4 heteroatoms. The predicted octanol–water partition coefficient (Wildman–Crippen LogP) is 3.80. The van der Waals surface area contributed by atoms with Gasteiger partial charge in [-0.1, -0.05) is 19.8 Å². The van der Waals surface area contributed by atoms with Crippen LogP contribution in [0.5, 0.6) is 0 Å². The Morgan fingerprint density at radius 1 is 1.29 bits per heavy atom. The van der Waals surface area contributed by atoms with E-state index in [0.717, 1.165) is 25.0 Å². The molecule has 118 valence electrons. The molecule has 0 aromatic carbocycles. The molecular formula is C17H29N3S. The highest BCUT2D eigenvalue weighted by atomic mass is 32.1. The van der Waals surface area contributed by atoms with Crippen molar-refractivity contribution in [3.63, 3.8) is 0 Å². The first-order valence-electron chi connectivity index (χ1n) is 8.72. The van der Waals surface area contributed by atoms with E-state index in [-0.39, 0.29) is 0 Å². The molecule has 3 rings (SSSR count). The number of hydrogen-bond donors (Lipinski definition) is 1. The summed E-state index contributed by atoms with van der Waals surface area (Å²) in [7, 11) is 0. The van der Waals surface area contributed by atoms with E-state index in [1.807, 2.05) is 11.3 Å². The highest BCUT2D eigenvalue weighted by Crippen LogP contribution is 2.23. The van der Waals surface area contributed by atoms with Crippen molar-refractivity contribution in [3.05, 3.63) is 16.1 Å². The first-order valence-corrected chi connectivity index (χ1v) is 9.60. The smallest absolute Gasteiger partial charge is 0.107 e. The van der Waals surface area contributed by atoms with Crippen LogP contribution in [-0.4, -0.2) is 29.0 Å². The third-order valence-corrected chi connectivity index (χ3v) is 5.64. The first kappa shape index (κ1) is 15.4. The lowest BCUT2D eigenvalue weighted by Crippen LogP contribution is -2.24.